The summed E-state index contributed by atoms with van der Waals surface area (Å²) in [4.78, 5) is 29.9. The fraction of sp³-hybridized carbons (Fsp3) is 0.217. The quantitative estimate of drug-likeness (QED) is 0.568. The van der Waals surface area contributed by atoms with Gasteiger partial charge in [-0.2, -0.15) is 5.10 Å². The topological polar surface area (TPSA) is 81.8 Å². The van der Waals surface area contributed by atoms with Gasteiger partial charge in [0.15, 0.2) is 5.65 Å². The van der Waals surface area contributed by atoms with E-state index < -0.39 is 0 Å². The molecule has 0 atom stereocenters. The summed E-state index contributed by atoms with van der Waals surface area (Å²) in [6, 6.07) is 11.9. The molecule has 152 valence electrons. The largest absolute Gasteiger partial charge is 0.324 e. The summed E-state index contributed by atoms with van der Waals surface area (Å²) >= 11 is 0. The van der Waals surface area contributed by atoms with Gasteiger partial charge in [0.05, 0.1) is 11.9 Å². The molecule has 0 unspecified atom stereocenters. The third kappa shape index (κ3) is 3.61. The predicted octanol–water partition coefficient (Wildman–Crippen LogP) is 3.45. The van der Waals surface area contributed by atoms with Gasteiger partial charge in [0.2, 0.25) is 5.91 Å². The molecule has 0 saturated heterocycles. The Bertz CT molecular complexity index is 1290. The lowest BCUT2D eigenvalue weighted by molar-refractivity contribution is -0.116. The standard InChI is InChI=1S/C23H23N5O2/c1-14-8-15(2)10-18(9-14)28-22-19(11-25-28)23(30)27(13-24-22)12-20(29)26-21-16(3)6-5-7-17(21)4/h5-11,13H,12H2,1-4H3,(H,26,29). The van der Waals surface area contributed by atoms with Crippen molar-refractivity contribution in [1.29, 1.82) is 0 Å². The molecule has 4 rings (SSSR count). The van der Waals surface area contributed by atoms with Crippen LogP contribution in [0.3, 0.4) is 0 Å². The summed E-state index contributed by atoms with van der Waals surface area (Å²) in [6.45, 7) is 7.77. The fourth-order valence-corrected chi connectivity index (χ4v) is 3.67. The monoisotopic (exact) mass is 401 g/mol. The first kappa shape index (κ1) is 19.6. The van der Waals surface area contributed by atoms with E-state index >= 15 is 0 Å². The molecule has 7 nitrogen and oxygen atoms in total. The Kier molecular flexibility index (Phi) is 4.95. The first-order valence-electron chi connectivity index (χ1n) is 9.71. The van der Waals surface area contributed by atoms with Gasteiger partial charge in [0.25, 0.3) is 5.56 Å². The number of benzene rings is 2. The van der Waals surface area contributed by atoms with Crippen molar-refractivity contribution in [3.63, 3.8) is 0 Å². The highest BCUT2D eigenvalue weighted by Crippen LogP contribution is 2.20. The molecule has 2 heterocycles. The Balaban J connectivity index is 1.65. The van der Waals surface area contributed by atoms with Crippen LogP contribution in [0.15, 0.2) is 53.7 Å². The van der Waals surface area contributed by atoms with Gasteiger partial charge in [0.1, 0.15) is 18.3 Å². The first-order chi connectivity index (χ1) is 14.3. The number of nitrogens with one attached hydrogen (secondary N) is 1. The van der Waals surface area contributed by atoms with Crippen LogP contribution >= 0.6 is 0 Å². The fourth-order valence-electron chi connectivity index (χ4n) is 3.67. The lowest BCUT2D eigenvalue weighted by Crippen LogP contribution is -2.28. The molecule has 30 heavy (non-hydrogen) atoms. The zero-order valence-electron chi connectivity index (χ0n) is 17.4. The van der Waals surface area contributed by atoms with Crippen LogP contribution < -0.4 is 10.9 Å². The van der Waals surface area contributed by atoms with Crippen LogP contribution in [0.4, 0.5) is 5.69 Å². The van der Waals surface area contributed by atoms with E-state index in [1.54, 1.807) is 4.68 Å². The van der Waals surface area contributed by atoms with Crippen LogP contribution in [0.25, 0.3) is 16.7 Å². The van der Waals surface area contributed by atoms with E-state index in [4.69, 9.17) is 0 Å². The van der Waals surface area contributed by atoms with Crippen molar-refractivity contribution in [2.45, 2.75) is 34.2 Å². The molecule has 0 spiro atoms. The number of anilines is 1. The number of amides is 1. The number of carbonyl (C=O) groups is 1. The number of carbonyl (C=O) groups excluding carboxylic acids is 1. The summed E-state index contributed by atoms with van der Waals surface area (Å²) < 4.78 is 2.95. The average molecular weight is 401 g/mol. The van der Waals surface area contributed by atoms with Crippen LogP contribution in [0.5, 0.6) is 0 Å². The van der Waals surface area contributed by atoms with Crippen molar-refractivity contribution in [1.82, 2.24) is 19.3 Å². The number of nitrogens with zero attached hydrogens (tertiary/aromatic N) is 4. The van der Waals surface area contributed by atoms with Crippen molar-refractivity contribution in [3.05, 3.63) is 81.5 Å². The highest BCUT2D eigenvalue weighted by Gasteiger charge is 2.14. The maximum atomic E-state index is 12.9. The van der Waals surface area contributed by atoms with Gasteiger partial charge in [-0.25, -0.2) is 9.67 Å². The molecule has 0 aliphatic heterocycles. The summed E-state index contributed by atoms with van der Waals surface area (Å²) in [5, 5.41) is 7.63. The first-order valence-corrected chi connectivity index (χ1v) is 9.71. The van der Waals surface area contributed by atoms with Crippen LogP contribution in [0.1, 0.15) is 22.3 Å². The van der Waals surface area contributed by atoms with E-state index in [1.807, 2.05) is 58.0 Å². The third-order valence-corrected chi connectivity index (χ3v) is 5.07. The number of aromatic nitrogens is 4. The molecule has 0 aliphatic rings. The van der Waals surface area contributed by atoms with Crippen molar-refractivity contribution in [2.75, 3.05) is 5.32 Å². The molecule has 0 radical (unpaired) electrons. The maximum Gasteiger partial charge on any atom is 0.264 e. The molecule has 0 saturated carbocycles. The molecular formula is C23H23N5O2. The van der Waals surface area contributed by atoms with Gasteiger partial charge >= 0.3 is 0 Å². The zero-order chi connectivity index (χ0) is 21.4. The van der Waals surface area contributed by atoms with Crippen LogP contribution in [0, 0.1) is 27.7 Å². The van der Waals surface area contributed by atoms with Gasteiger partial charge < -0.3 is 5.32 Å². The van der Waals surface area contributed by atoms with E-state index in [-0.39, 0.29) is 18.0 Å². The smallest absolute Gasteiger partial charge is 0.264 e. The molecule has 1 N–H and O–H groups in total. The van der Waals surface area contributed by atoms with Gasteiger partial charge in [-0.15, -0.1) is 0 Å². The van der Waals surface area contributed by atoms with Gasteiger partial charge in [-0.3, -0.25) is 14.2 Å². The van der Waals surface area contributed by atoms with Crippen LogP contribution in [0.2, 0.25) is 0 Å². The zero-order valence-corrected chi connectivity index (χ0v) is 17.4. The Hall–Kier alpha value is -3.74. The number of hydrogen-bond acceptors (Lipinski definition) is 4. The Labute approximate surface area is 174 Å². The third-order valence-electron chi connectivity index (χ3n) is 5.07. The predicted molar refractivity (Wildman–Crippen MR) is 117 cm³/mol. The maximum absolute atomic E-state index is 12.9. The van der Waals surface area contributed by atoms with Crippen molar-refractivity contribution in [2.24, 2.45) is 0 Å². The molecule has 2 aromatic carbocycles. The van der Waals surface area contributed by atoms with E-state index in [0.29, 0.717) is 11.0 Å². The molecule has 0 fully saturated rings. The molecular weight excluding hydrogens is 378 g/mol. The second kappa shape index (κ2) is 7.59. The summed E-state index contributed by atoms with van der Waals surface area (Å²) in [5.74, 6) is -0.280. The minimum atomic E-state index is -0.299. The van der Waals surface area contributed by atoms with Crippen LogP contribution in [-0.2, 0) is 11.3 Å². The van der Waals surface area contributed by atoms with E-state index in [0.717, 1.165) is 33.6 Å². The van der Waals surface area contributed by atoms with E-state index in [2.05, 4.69) is 21.5 Å². The number of fused-ring (bicyclic) bond motifs is 1. The van der Waals surface area contributed by atoms with Gasteiger partial charge in [-0.1, -0.05) is 24.3 Å². The van der Waals surface area contributed by atoms with Crippen molar-refractivity contribution in [3.8, 4) is 5.69 Å². The van der Waals surface area contributed by atoms with Gasteiger partial charge in [0, 0.05) is 5.69 Å². The highest BCUT2D eigenvalue weighted by atomic mass is 16.2. The molecule has 1 amide bonds. The summed E-state index contributed by atoms with van der Waals surface area (Å²) in [7, 11) is 0. The normalized spacial score (nSPS) is 11.1. The highest BCUT2D eigenvalue weighted by molar-refractivity contribution is 5.92. The molecule has 4 aromatic rings. The van der Waals surface area contributed by atoms with E-state index in [1.165, 1.54) is 17.1 Å². The van der Waals surface area contributed by atoms with Crippen molar-refractivity contribution >= 4 is 22.6 Å². The SMILES string of the molecule is Cc1cc(C)cc(-n2ncc3c(=O)n(CC(=O)Nc4c(C)cccc4C)cnc32)c1. The molecule has 0 aliphatic carbocycles. The second-order valence-electron chi connectivity index (χ2n) is 7.63. The number of hydrogen-bond donors (Lipinski definition) is 1. The molecule has 7 heteroatoms. The number of rotatable bonds is 4. The van der Waals surface area contributed by atoms with Crippen molar-refractivity contribution < 1.29 is 4.79 Å². The average Bonchev–Trinajstić information content (AvgIpc) is 3.11. The summed E-state index contributed by atoms with van der Waals surface area (Å²) in [6.07, 6.45) is 2.90. The number of aryl methyl sites for hydroxylation is 4. The number of para-hydroxylation sites is 1. The summed E-state index contributed by atoms with van der Waals surface area (Å²) in [5.41, 5.74) is 5.93. The van der Waals surface area contributed by atoms with E-state index in [9.17, 15) is 9.59 Å². The van der Waals surface area contributed by atoms with Gasteiger partial charge in [-0.05, 0) is 62.1 Å². The Morgan fingerprint density at radius 3 is 2.37 bits per heavy atom. The molecule has 2 aromatic heterocycles. The van der Waals surface area contributed by atoms with Crippen LogP contribution in [-0.4, -0.2) is 25.2 Å². The second-order valence-corrected chi connectivity index (χ2v) is 7.63. The Morgan fingerprint density at radius 1 is 1.03 bits per heavy atom. The minimum absolute atomic E-state index is 0.121. The molecule has 0 bridgehead atoms. The lowest BCUT2D eigenvalue weighted by atomic mass is 10.1. The minimum Gasteiger partial charge on any atom is -0.324 e. The Morgan fingerprint density at radius 2 is 1.70 bits per heavy atom. The lowest BCUT2D eigenvalue weighted by Gasteiger charge is -2.12.